The van der Waals surface area contributed by atoms with E-state index in [-0.39, 0.29) is 18.2 Å². The number of esters is 1. The van der Waals surface area contributed by atoms with E-state index in [0.717, 1.165) is 37.0 Å². The first-order chi connectivity index (χ1) is 17.1. The van der Waals surface area contributed by atoms with Crippen molar-refractivity contribution in [2.24, 2.45) is 17.6 Å². The van der Waals surface area contributed by atoms with Crippen LogP contribution in [0.3, 0.4) is 0 Å². The highest BCUT2D eigenvalue weighted by molar-refractivity contribution is 5.87. The van der Waals surface area contributed by atoms with Crippen molar-refractivity contribution in [3.63, 3.8) is 0 Å². The van der Waals surface area contributed by atoms with E-state index in [1.165, 1.54) is 0 Å². The number of amides is 1. The van der Waals surface area contributed by atoms with Crippen molar-refractivity contribution in [3.8, 4) is 17.2 Å². The minimum atomic E-state index is -0.838. The van der Waals surface area contributed by atoms with Gasteiger partial charge in [0.15, 0.2) is 0 Å². The van der Waals surface area contributed by atoms with Gasteiger partial charge in [-0.15, -0.1) is 0 Å². The van der Waals surface area contributed by atoms with Gasteiger partial charge in [0.1, 0.15) is 23.3 Å². The van der Waals surface area contributed by atoms with Crippen molar-refractivity contribution in [2.45, 2.75) is 38.1 Å². The zero-order chi connectivity index (χ0) is 24.5. The van der Waals surface area contributed by atoms with Crippen LogP contribution in [0.1, 0.15) is 31.2 Å². The van der Waals surface area contributed by atoms with Gasteiger partial charge < -0.3 is 20.5 Å². The Hall–Kier alpha value is -3.71. The number of hydrogen-bond acceptors (Lipinski definition) is 6. The summed E-state index contributed by atoms with van der Waals surface area (Å²) in [5, 5.41) is 2.96. The maximum absolute atomic E-state index is 13.1. The Morgan fingerprint density at radius 2 is 1.63 bits per heavy atom. The van der Waals surface area contributed by atoms with Gasteiger partial charge in [-0.3, -0.25) is 9.78 Å². The van der Waals surface area contributed by atoms with Crippen molar-refractivity contribution < 1.29 is 19.1 Å². The number of nitrogens with one attached hydrogen (secondary N) is 1. The molecule has 1 unspecified atom stereocenters. The number of ether oxygens (including phenoxy) is 2. The van der Waals surface area contributed by atoms with Crippen LogP contribution in [0.2, 0.25) is 0 Å². The molecule has 2 aromatic carbocycles. The van der Waals surface area contributed by atoms with E-state index >= 15 is 0 Å². The summed E-state index contributed by atoms with van der Waals surface area (Å²) in [4.78, 5) is 30.1. The fraction of sp³-hybridized carbons (Fsp3) is 0.321. The largest absolute Gasteiger partial charge is 0.457 e. The molecule has 1 aliphatic rings. The first-order valence-electron chi connectivity index (χ1n) is 12.0. The highest BCUT2D eigenvalue weighted by Gasteiger charge is 2.30. The van der Waals surface area contributed by atoms with Crippen LogP contribution >= 0.6 is 0 Å². The number of carbonyl (C=O) groups is 2. The summed E-state index contributed by atoms with van der Waals surface area (Å²) >= 11 is 0. The number of nitrogens with zero attached hydrogens (tertiary/aromatic N) is 1. The molecule has 7 nitrogen and oxygen atoms in total. The Morgan fingerprint density at radius 1 is 0.914 bits per heavy atom. The fourth-order valence-electron chi connectivity index (χ4n) is 4.33. The van der Waals surface area contributed by atoms with Gasteiger partial charge in [0.25, 0.3) is 0 Å². The lowest BCUT2D eigenvalue weighted by molar-refractivity contribution is -0.140. The van der Waals surface area contributed by atoms with E-state index in [4.69, 9.17) is 15.2 Å². The average molecular weight is 474 g/mol. The number of pyridine rings is 1. The highest BCUT2D eigenvalue weighted by Crippen LogP contribution is 2.28. The van der Waals surface area contributed by atoms with Crippen LogP contribution < -0.4 is 20.5 Å². The second kappa shape index (κ2) is 12.1. The molecule has 7 heteroatoms. The maximum atomic E-state index is 13.1. The molecule has 0 aliphatic heterocycles. The van der Waals surface area contributed by atoms with Crippen molar-refractivity contribution in [3.05, 3.63) is 84.7 Å². The molecule has 1 heterocycles. The molecule has 3 aromatic rings. The van der Waals surface area contributed by atoms with E-state index in [1.54, 1.807) is 24.5 Å². The summed E-state index contributed by atoms with van der Waals surface area (Å²) in [6.45, 7) is 0.649. The molecule has 1 amide bonds. The Morgan fingerprint density at radius 3 is 2.34 bits per heavy atom. The van der Waals surface area contributed by atoms with Gasteiger partial charge in [-0.1, -0.05) is 30.3 Å². The molecule has 0 bridgehead atoms. The normalized spacial score (nSPS) is 18.3. The Labute approximate surface area is 205 Å². The third-order valence-electron chi connectivity index (χ3n) is 6.34. The standard InChI is InChI=1S/C28H31N3O4/c29-19-20-9-11-22(12-10-20)27(32)31-26(28(33)35-24-13-15-30-16-14-24)18-21-5-4-8-25(17-21)34-23-6-2-1-3-7-23/h1-8,13-17,20,22,26H,9-12,18-19,29H2,(H,31,32). The Balaban J connectivity index is 1.47. The molecule has 1 aliphatic carbocycles. The number of hydrogen-bond donors (Lipinski definition) is 2. The summed E-state index contributed by atoms with van der Waals surface area (Å²) < 4.78 is 11.5. The number of rotatable bonds is 9. The van der Waals surface area contributed by atoms with Gasteiger partial charge in [-0.05, 0) is 80.1 Å². The zero-order valence-corrected chi connectivity index (χ0v) is 19.6. The van der Waals surface area contributed by atoms with Gasteiger partial charge in [-0.2, -0.15) is 0 Å². The van der Waals surface area contributed by atoms with Crippen LogP contribution in [0.15, 0.2) is 79.1 Å². The molecule has 182 valence electrons. The molecular weight excluding hydrogens is 442 g/mol. The average Bonchev–Trinajstić information content (AvgIpc) is 2.89. The van der Waals surface area contributed by atoms with Crippen molar-refractivity contribution in [1.82, 2.24) is 10.3 Å². The minimum absolute atomic E-state index is 0.117. The first kappa shape index (κ1) is 24.4. The monoisotopic (exact) mass is 473 g/mol. The van der Waals surface area contributed by atoms with Crippen LogP contribution in [0, 0.1) is 11.8 Å². The number of aromatic nitrogens is 1. The molecule has 1 saturated carbocycles. The van der Waals surface area contributed by atoms with Crippen molar-refractivity contribution in [1.29, 1.82) is 0 Å². The van der Waals surface area contributed by atoms with Gasteiger partial charge in [-0.25, -0.2) is 4.79 Å². The third-order valence-corrected chi connectivity index (χ3v) is 6.34. The molecule has 1 fully saturated rings. The third kappa shape index (κ3) is 7.13. The van der Waals surface area contributed by atoms with Gasteiger partial charge >= 0.3 is 5.97 Å². The number of nitrogens with two attached hydrogens (primary N) is 1. The lowest BCUT2D eigenvalue weighted by Crippen LogP contribution is -2.47. The van der Waals surface area contributed by atoms with E-state index < -0.39 is 12.0 Å². The molecule has 0 radical (unpaired) electrons. The molecule has 1 aromatic heterocycles. The second-order valence-corrected chi connectivity index (χ2v) is 8.89. The number of benzene rings is 2. The van der Waals surface area contributed by atoms with Gasteiger partial charge in [0, 0.05) is 24.7 Å². The summed E-state index contributed by atoms with van der Waals surface area (Å²) in [6, 6.07) is 19.4. The maximum Gasteiger partial charge on any atom is 0.334 e. The lowest BCUT2D eigenvalue weighted by atomic mass is 9.81. The summed E-state index contributed by atoms with van der Waals surface area (Å²) in [5.41, 5.74) is 6.64. The summed E-state index contributed by atoms with van der Waals surface area (Å²) in [6.07, 6.45) is 6.80. The van der Waals surface area contributed by atoms with E-state index in [0.29, 0.717) is 24.0 Å². The predicted molar refractivity (Wildman–Crippen MR) is 133 cm³/mol. The highest BCUT2D eigenvalue weighted by atomic mass is 16.5. The lowest BCUT2D eigenvalue weighted by Gasteiger charge is -2.28. The molecule has 35 heavy (non-hydrogen) atoms. The van der Waals surface area contributed by atoms with E-state index in [1.807, 2.05) is 54.6 Å². The first-order valence-corrected chi connectivity index (χ1v) is 12.0. The topological polar surface area (TPSA) is 104 Å². The van der Waals surface area contributed by atoms with Crippen molar-refractivity contribution in [2.75, 3.05) is 6.54 Å². The Bertz CT molecular complexity index is 1100. The number of carbonyl (C=O) groups excluding carboxylic acids is 2. The predicted octanol–water partition coefficient (Wildman–Crippen LogP) is 4.27. The smallest absolute Gasteiger partial charge is 0.334 e. The van der Waals surface area contributed by atoms with E-state index in [9.17, 15) is 9.59 Å². The molecule has 3 N–H and O–H groups in total. The van der Waals surface area contributed by atoms with Crippen LogP contribution in [-0.4, -0.2) is 29.4 Å². The van der Waals surface area contributed by atoms with E-state index in [2.05, 4.69) is 10.3 Å². The molecule has 0 spiro atoms. The van der Waals surface area contributed by atoms with Gasteiger partial charge in [0.2, 0.25) is 5.91 Å². The molecule has 1 atom stereocenters. The Kier molecular flexibility index (Phi) is 8.46. The van der Waals surface area contributed by atoms with Crippen LogP contribution in [0.25, 0.3) is 0 Å². The summed E-state index contributed by atoms with van der Waals surface area (Å²) in [5.74, 6) is 1.47. The SMILES string of the molecule is NCC1CCC(C(=O)NC(Cc2cccc(Oc3ccccc3)c2)C(=O)Oc2ccncc2)CC1. The van der Waals surface area contributed by atoms with Gasteiger partial charge in [0.05, 0.1) is 0 Å². The molecule has 0 saturated heterocycles. The molecule has 4 rings (SSSR count). The van der Waals surface area contributed by atoms with Crippen LogP contribution in [-0.2, 0) is 16.0 Å². The summed E-state index contributed by atoms with van der Waals surface area (Å²) in [7, 11) is 0. The fourth-order valence-corrected chi connectivity index (χ4v) is 4.33. The van der Waals surface area contributed by atoms with Crippen molar-refractivity contribution >= 4 is 11.9 Å². The second-order valence-electron chi connectivity index (χ2n) is 8.89. The minimum Gasteiger partial charge on any atom is -0.457 e. The van der Waals surface area contributed by atoms with Crippen LogP contribution in [0.4, 0.5) is 0 Å². The van der Waals surface area contributed by atoms with Crippen LogP contribution in [0.5, 0.6) is 17.2 Å². The molecular formula is C28H31N3O4. The number of para-hydroxylation sites is 1. The zero-order valence-electron chi connectivity index (χ0n) is 19.6. The quantitative estimate of drug-likeness (QED) is 0.450.